The van der Waals surface area contributed by atoms with E-state index in [1.807, 2.05) is 31.2 Å². The zero-order chi connectivity index (χ0) is 13.8. The molecule has 1 unspecified atom stereocenters. The molecule has 0 spiro atoms. The molecule has 1 aromatic carbocycles. The molecule has 6 heteroatoms. The molecule has 0 aliphatic rings. The molecule has 0 saturated carbocycles. The molecule has 0 saturated heterocycles. The van der Waals surface area contributed by atoms with E-state index in [9.17, 15) is 4.79 Å². The maximum Gasteiger partial charge on any atom is 0.327 e. The first-order valence-electron chi connectivity index (χ1n) is 5.94. The van der Waals surface area contributed by atoms with Gasteiger partial charge in [0, 0.05) is 11.3 Å². The normalized spacial score (nSPS) is 11.9. The number of carbonyl (C=O) groups is 1. The Hall–Kier alpha value is -2.37. The molecule has 0 bridgehead atoms. The van der Waals surface area contributed by atoms with Gasteiger partial charge in [-0.2, -0.15) is 5.10 Å². The van der Waals surface area contributed by atoms with Crippen LogP contribution in [0, 0.1) is 6.92 Å². The molecular weight excluding hydrogens is 244 g/mol. The van der Waals surface area contributed by atoms with Crippen LogP contribution in [0.25, 0.3) is 11.4 Å². The third-order valence-corrected chi connectivity index (χ3v) is 2.66. The highest BCUT2D eigenvalue weighted by atomic mass is 16.5. The maximum atomic E-state index is 11.4. The third-order valence-electron chi connectivity index (χ3n) is 2.66. The number of ether oxygens (including phenoxy) is 1. The lowest BCUT2D eigenvalue weighted by atomic mass is 10.2. The molecule has 0 amide bonds. The van der Waals surface area contributed by atoms with Gasteiger partial charge in [-0.15, -0.1) is 0 Å². The molecule has 2 N–H and O–H groups in total. The number of aromatic amines is 1. The van der Waals surface area contributed by atoms with E-state index < -0.39 is 6.04 Å². The van der Waals surface area contributed by atoms with E-state index in [1.165, 1.54) is 7.11 Å². The van der Waals surface area contributed by atoms with Gasteiger partial charge < -0.3 is 10.1 Å². The van der Waals surface area contributed by atoms with Gasteiger partial charge in [0.25, 0.3) is 0 Å². The van der Waals surface area contributed by atoms with Crippen molar-refractivity contribution in [2.24, 2.45) is 0 Å². The second-order valence-corrected chi connectivity index (χ2v) is 4.21. The Morgan fingerprint density at radius 1 is 1.47 bits per heavy atom. The minimum Gasteiger partial charge on any atom is -0.467 e. The van der Waals surface area contributed by atoms with Crippen LogP contribution in [0.3, 0.4) is 0 Å². The van der Waals surface area contributed by atoms with Crippen molar-refractivity contribution in [3.05, 3.63) is 30.1 Å². The second kappa shape index (κ2) is 5.51. The summed E-state index contributed by atoms with van der Waals surface area (Å²) in [5.74, 6) is 1.09. The number of benzene rings is 1. The summed E-state index contributed by atoms with van der Waals surface area (Å²) in [6, 6.07) is 7.16. The smallest absolute Gasteiger partial charge is 0.327 e. The average molecular weight is 260 g/mol. The number of methoxy groups -OCH3 is 1. The Bertz CT molecular complexity index is 580. The molecule has 2 aromatic rings. The monoisotopic (exact) mass is 260 g/mol. The highest BCUT2D eigenvalue weighted by molar-refractivity contribution is 5.79. The van der Waals surface area contributed by atoms with Crippen LogP contribution in [0.15, 0.2) is 24.3 Å². The molecule has 19 heavy (non-hydrogen) atoms. The summed E-state index contributed by atoms with van der Waals surface area (Å²) in [5.41, 5.74) is 1.70. The summed E-state index contributed by atoms with van der Waals surface area (Å²) < 4.78 is 4.67. The van der Waals surface area contributed by atoms with E-state index in [0.717, 1.165) is 17.1 Å². The summed E-state index contributed by atoms with van der Waals surface area (Å²) >= 11 is 0. The Morgan fingerprint density at radius 3 is 2.89 bits per heavy atom. The van der Waals surface area contributed by atoms with E-state index >= 15 is 0 Å². The fraction of sp³-hybridized carbons (Fsp3) is 0.308. The summed E-state index contributed by atoms with van der Waals surface area (Å²) in [7, 11) is 1.37. The van der Waals surface area contributed by atoms with Crippen LogP contribution >= 0.6 is 0 Å². The van der Waals surface area contributed by atoms with E-state index in [4.69, 9.17) is 0 Å². The molecule has 6 nitrogen and oxygen atoms in total. The zero-order valence-corrected chi connectivity index (χ0v) is 11.1. The van der Waals surface area contributed by atoms with Crippen LogP contribution < -0.4 is 5.32 Å². The van der Waals surface area contributed by atoms with Gasteiger partial charge in [0.1, 0.15) is 11.9 Å². The quantitative estimate of drug-likeness (QED) is 0.819. The topological polar surface area (TPSA) is 79.9 Å². The zero-order valence-electron chi connectivity index (χ0n) is 11.1. The van der Waals surface area contributed by atoms with Crippen molar-refractivity contribution in [3.8, 4) is 11.4 Å². The van der Waals surface area contributed by atoms with Gasteiger partial charge in [-0.1, -0.05) is 12.1 Å². The van der Waals surface area contributed by atoms with Crippen LogP contribution in [-0.4, -0.2) is 34.3 Å². The third kappa shape index (κ3) is 3.09. The van der Waals surface area contributed by atoms with Crippen molar-refractivity contribution in [2.75, 3.05) is 12.4 Å². The van der Waals surface area contributed by atoms with Gasteiger partial charge >= 0.3 is 5.97 Å². The summed E-state index contributed by atoms with van der Waals surface area (Å²) in [6.07, 6.45) is 0. The molecule has 0 fully saturated rings. The Balaban J connectivity index is 2.18. The molecule has 0 radical (unpaired) electrons. The minimum atomic E-state index is -0.408. The summed E-state index contributed by atoms with van der Waals surface area (Å²) in [5, 5.41) is 9.97. The average Bonchev–Trinajstić information content (AvgIpc) is 2.84. The van der Waals surface area contributed by atoms with Crippen LogP contribution in [0.5, 0.6) is 0 Å². The number of anilines is 1. The molecule has 1 aromatic heterocycles. The van der Waals surface area contributed by atoms with Crippen molar-refractivity contribution in [3.63, 3.8) is 0 Å². The van der Waals surface area contributed by atoms with Gasteiger partial charge in [0.2, 0.25) is 0 Å². The lowest BCUT2D eigenvalue weighted by molar-refractivity contribution is -0.141. The number of hydrogen-bond acceptors (Lipinski definition) is 5. The largest absolute Gasteiger partial charge is 0.467 e. The van der Waals surface area contributed by atoms with E-state index in [2.05, 4.69) is 25.2 Å². The number of esters is 1. The number of nitrogens with one attached hydrogen (secondary N) is 2. The van der Waals surface area contributed by atoms with Crippen molar-refractivity contribution >= 4 is 11.7 Å². The van der Waals surface area contributed by atoms with Crippen LogP contribution in [0.4, 0.5) is 5.69 Å². The van der Waals surface area contributed by atoms with Gasteiger partial charge in [0.15, 0.2) is 5.82 Å². The standard InChI is InChI=1S/C13H16N4O2/c1-8(13(18)19-3)14-11-6-4-5-10(7-11)12-15-9(2)16-17-12/h4-8,14H,1-3H3,(H,15,16,17). The Kier molecular flexibility index (Phi) is 3.79. The van der Waals surface area contributed by atoms with E-state index in [1.54, 1.807) is 6.92 Å². The van der Waals surface area contributed by atoms with Crippen molar-refractivity contribution in [1.82, 2.24) is 15.2 Å². The van der Waals surface area contributed by atoms with Crippen molar-refractivity contribution in [2.45, 2.75) is 19.9 Å². The number of rotatable bonds is 4. The number of aryl methyl sites for hydroxylation is 1. The van der Waals surface area contributed by atoms with Crippen molar-refractivity contribution in [1.29, 1.82) is 0 Å². The number of aromatic nitrogens is 3. The fourth-order valence-corrected chi connectivity index (χ4v) is 1.71. The Labute approximate surface area is 111 Å². The predicted octanol–water partition coefficient (Wildman–Crippen LogP) is 1.75. The first-order chi connectivity index (χ1) is 9.10. The number of H-pyrrole nitrogens is 1. The van der Waals surface area contributed by atoms with Gasteiger partial charge in [-0.05, 0) is 26.0 Å². The molecule has 1 heterocycles. The minimum absolute atomic E-state index is 0.306. The number of carbonyl (C=O) groups excluding carboxylic acids is 1. The van der Waals surface area contributed by atoms with Crippen molar-refractivity contribution < 1.29 is 9.53 Å². The predicted molar refractivity (Wildman–Crippen MR) is 71.7 cm³/mol. The van der Waals surface area contributed by atoms with Crippen LogP contribution in [0.2, 0.25) is 0 Å². The number of hydrogen-bond donors (Lipinski definition) is 2. The second-order valence-electron chi connectivity index (χ2n) is 4.21. The number of nitrogens with zero attached hydrogens (tertiary/aromatic N) is 2. The first-order valence-corrected chi connectivity index (χ1v) is 5.94. The lowest BCUT2D eigenvalue weighted by Gasteiger charge is -2.13. The Morgan fingerprint density at radius 2 is 2.26 bits per heavy atom. The van der Waals surface area contributed by atoms with Crippen LogP contribution in [-0.2, 0) is 9.53 Å². The van der Waals surface area contributed by atoms with Gasteiger partial charge in [-0.25, -0.2) is 9.78 Å². The molecule has 2 rings (SSSR count). The van der Waals surface area contributed by atoms with E-state index in [0.29, 0.717) is 5.82 Å². The highest BCUT2D eigenvalue weighted by Crippen LogP contribution is 2.19. The summed E-state index contributed by atoms with van der Waals surface area (Å²) in [4.78, 5) is 15.6. The summed E-state index contributed by atoms with van der Waals surface area (Å²) in [6.45, 7) is 3.59. The molecule has 0 aliphatic carbocycles. The van der Waals surface area contributed by atoms with Crippen LogP contribution in [0.1, 0.15) is 12.7 Å². The lowest BCUT2D eigenvalue weighted by Crippen LogP contribution is -2.27. The fourth-order valence-electron chi connectivity index (χ4n) is 1.71. The molecular formula is C13H16N4O2. The molecule has 0 aliphatic heterocycles. The molecule has 1 atom stereocenters. The van der Waals surface area contributed by atoms with E-state index in [-0.39, 0.29) is 5.97 Å². The molecule has 100 valence electrons. The maximum absolute atomic E-state index is 11.4. The highest BCUT2D eigenvalue weighted by Gasteiger charge is 2.13. The van der Waals surface area contributed by atoms with Gasteiger partial charge in [-0.3, -0.25) is 5.10 Å². The SMILES string of the molecule is COC(=O)C(C)Nc1cccc(-c2n[nH]c(C)n2)c1. The first kappa shape index (κ1) is 13.1. The van der Waals surface area contributed by atoms with Gasteiger partial charge in [0.05, 0.1) is 7.11 Å².